The molecule has 0 aromatic rings. The van der Waals surface area contributed by atoms with Crippen LogP contribution < -0.4 is 0 Å². The van der Waals surface area contributed by atoms with Crippen LogP contribution in [-0.4, -0.2) is 21.2 Å². The van der Waals surface area contributed by atoms with E-state index >= 15 is 0 Å². The number of hydrogen-bond acceptors (Lipinski definition) is 2. The summed E-state index contributed by atoms with van der Waals surface area (Å²) in [6.45, 7) is 12.1. The van der Waals surface area contributed by atoms with Crippen LogP contribution >= 0.6 is 0 Å². The zero-order chi connectivity index (χ0) is 14.4. The van der Waals surface area contributed by atoms with Crippen molar-refractivity contribution in [2.75, 3.05) is 6.61 Å². The van der Waals surface area contributed by atoms with Gasteiger partial charge in [-0.1, -0.05) is 39.3 Å². The Morgan fingerprint density at radius 3 is 2.58 bits per heavy atom. The highest BCUT2D eigenvalue weighted by molar-refractivity contribution is 6.74. The first kappa shape index (κ1) is 15.0. The van der Waals surface area contributed by atoms with Crippen molar-refractivity contribution < 1.29 is 9.22 Å². The van der Waals surface area contributed by atoms with E-state index in [1.54, 1.807) is 0 Å². The topological polar surface area (TPSA) is 26.3 Å². The van der Waals surface area contributed by atoms with E-state index in [4.69, 9.17) is 4.43 Å². The van der Waals surface area contributed by atoms with Gasteiger partial charge in [0, 0.05) is 17.4 Å². The predicted octanol–water partition coefficient (Wildman–Crippen LogP) is 4.32. The number of allylic oxidation sites excluding steroid dienone is 1. The van der Waals surface area contributed by atoms with Crippen LogP contribution in [0.4, 0.5) is 0 Å². The molecule has 0 saturated heterocycles. The summed E-state index contributed by atoms with van der Waals surface area (Å²) in [5, 5.41) is 0.231. The summed E-state index contributed by atoms with van der Waals surface area (Å²) in [6.07, 6.45) is 9.90. The van der Waals surface area contributed by atoms with E-state index in [0.717, 1.165) is 32.3 Å². The summed E-state index contributed by atoms with van der Waals surface area (Å²) >= 11 is 0. The molecule has 3 heteroatoms. The first-order valence-electron chi connectivity index (χ1n) is 7.46. The maximum atomic E-state index is 11.7. The molecule has 0 aromatic carbocycles. The summed E-state index contributed by atoms with van der Waals surface area (Å²) in [5.74, 6) is 0. The fourth-order valence-corrected chi connectivity index (χ4v) is 4.33. The zero-order valence-corrected chi connectivity index (χ0v) is 14.1. The van der Waals surface area contributed by atoms with E-state index in [2.05, 4.69) is 46.0 Å². The number of fused-ring (bicyclic) bond motifs is 1. The molecule has 0 heterocycles. The lowest BCUT2D eigenvalue weighted by atomic mass is 9.69. The molecule has 0 aliphatic heterocycles. The first-order valence-corrected chi connectivity index (χ1v) is 10.4. The van der Waals surface area contributed by atoms with Crippen LogP contribution in [0.25, 0.3) is 0 Å². The minimum atomic E-state index is -1.73. The molecular weight excluding hydrogens is 252 g/mol. The molecule has 0 N–H and O–H groups in total. The van der Waals surface area contributed by atoms with Crippen LogP contribution in [-0.2, 0) is 9.22 Å². The third-order valence-electron chi connectivity index (χ3n) is 5.88. The van der Waals surface area contributed by atoms with E-state index in [9.17, 15) is 4.79 Å². The maximum Gasteiger partial charge on any atom is 0.192 e. The van der Waals surface area contributed by atoms with Crippen molar-refractivity contribution in [3.63, 3.8) is 0 Å². The highest BCUT2D eigenvalue weighted by Gasteiger charge is 2.56. The van der Waals surface area contributed by atoms with Gasteiger partial charge in [-0.3, -0.25) is 0 Å². The summed E-state index contributed by atoms with van der Waals surface area (Å²) in [4.78, 5) is 11.7. The fraction of sp³-hybridized carbons (Fsp3) is 0.812. The average molecular weight is 280 g/mol. The summed E-state index contributed by atoms with van der Waals surface area (Å²) in [5.41, 5.74) is -0.167. The summed E-state index contributed by atoms with van der Waals surface area (Å²) < 4.78 is 6.44. The lowest BCUT2D eigenvalue weighted by Crippen LogP contribution is -2.46. The van der Waals surface area contributed by atoms with Gasteiger partial charge in [-0.25, -0.2) is 0 Å². The second kappa shape index (κ2) is 4.56. The molecule has 2 nitrogen and oxygen atoms in total. The smallest absolute Gasteiger partial charge is 0.192 e. The molecule has 0 spiro atoms. The number of carbonyl (C=O) groups is 1. The summed E-state index contributed by atoms with van der Waals surface area (Å²) in [6, 6.07) is 0. The Morgan fingerprint density at radius 1 is 1.32 bits per heavy atom. The molecule has 2 rings (SSSR count). The Labute approximate surface area is 118 Å². The van der Waals surface area contributed by atoms with Gasteiger partial charge < -0.3 is 9.22 Å². The molecule has 0 bridgehead atoms. The Balaban J connectivity index is 2.15. The molecular formula is C16H28O2Si. The largest absolute Gasteiger partial charge is 0.416 e. The fourth-order valence-electron chi connectivity index (χ4n) is 3.28. The second-order valence-corrected chi connectivity index (χ2v) is 12.7. The molecule has 1 saturated carbocycles. The third-order valence-corrected chi connectivity index (χ3v) is 10.4. The molecule has 0 unspecified atom stereocenters. The molecule has 0 radical (unpaired) electrons. The second-order valence-electron chi connectivity index (χ2n) is 7.94. The lowest BCUT2D eigenvalue weighted by molar-refractivity contribution is -0.120. The number of aldehydes is 1. The van der Waals surface area contributed by atoms with Crippen molar-refractivity contribution in [1.82, 2.24) is 0 Å². The third kappa shape index (κ3) is 2.25. The van der Waals surface area contributed by atoms with Crippen LogP contribution in [0.2, 0.25) is 18.1 Å². The maximum absolute atomic E-state index is 11.7. The van der Waals surface area contributed by atoms with Gasteiger partial charge in [0.2, 0.25) is 0 Å². The van der Waals surface area contributed by atoms with Crippen LogP contribution in [0.3, 0.4) is 0 Å². The Bertz CT molecular complexity index is 394. The van der Waals surface area contributed by atoms with Gasteiger partial charge in [-0.2, -0.15) is 0 Å². The van der Waals surface area contributed by atoms with Crippen LogP contribution in [0, 0.1) is 10.8 Å². The zero-order valence-electron chi connectivity index (χ0n) is 13.1. The van der Waals surface area contributed by atoms with Crippen LogP contribution in [0.1, 0.15) is 46.5 Å². The number of hydrogen-bond donors (Lipinski definition) is 0. The standard InChI is InChI=1S/C16H28O2Si/c1-14(2,3)19(4,5)18-13-16-10-6-8-15(16,12-17)9-7-11-16/h6,10,12H,7-9,11,13H2,1-5H3/t15-,16+/m1/s1. The van der Waals surface area contributed by atoms with E-state index in [1.165, 1.54) is 6.29 Å². The average Bonchev–Trinajstić information content (AvgIpc) is 2.79. The van der Waals surface area contributed by atoms with E-state index in [-0.39, 0.29) is 15.9 Å². The van der Waals surface area contributed by atoms with Crippen molar-refractivity contribution in [3.05, 3.63) is 12.2 Å². The minimum Gasteiger partial charge on any atom is -0.416 e. The number of rotatable bonds is 4. The van der Waals surface area contributed by atoms with E-state index < -0.39 is 8.32 Å². The van der Waals surface area contributed by atoms with Crippen molar-refractivity contribution in [3.8, 4) is 0 Å². The van der Waals surface area contributed by atoms with Crippen molar-refractivity contribution in [1.29, 1.82) is 0 Å². The Kier molecular flexibility index (Phi) is 3.59. The van der Waals surface area contributed by atoms with Crippen LogP contribution in [0.15, 0.2) is 12.2 Å². The molecule has 1 fully saturated rings. The van der Waals surface area contributed by atoms with E-state index in [0.29, 0.717) is 0 Å². The molecule has 2 aliphatic rings. The van der Waals surface area contributed by atoms with Gasteiger partial charge in [-0.05, 0) is 37.4 Å². The van der Waals surface area contributed by atoms with Gasteiger partial charge in [-0.15, -0.1) is 0 Å². The first-order chi connectivity index (χ1) is 8.68. The van der Waals surface area contributed by atoms with Gasteiger partial charge in [0.05, 0.1) is 0 Å². The molecule has 2 aliphatic carbocycles. The lowest BCUT2D eigenvalue weighted by Gasteiger charge is -2.42. The molecule has 0 amide bonds. The van der Waals surface area contributed by atoms with Gasteiger partial charge in [0.15, 0.2) is 8.32 Å². The SMILES string of the molecule is CC(C)(C)[Si](C)(C)OC[C@@]12C=CC[C@]1(C=O)CCC2. The Morgan fingerprint density at radius 2 is 2.00 bits per heavy atom. The van der Waals surface area contributed by atoms with Gasteiger partial charge in [0.1, 0.15) is 6.29 Å². The summed E-state index contributed by atoms with van der Waals surface area (Å²) in [7, 11) is -1.73. The molecule has 19 heavy (non-hydrogen) atoms. The highest BCUT2D eigenvalue weighted by atomic mass is 28.4. The highest BCUT2D eigenvalue weighted by Crippen LogP contribution is 2.59. The monoisotopic (exact) mass is 280 g/mol. The van der Waals surface area contributed by atoms with Crippen LogP contribution in [0.5, 0.6) is 0 Å². The van der Waals surface area contributed by atoms with Crippen molar-refractivity contribution in [2.45, 2.75) is 64.6 Å². The molecule has 0 aromatic heterocycles. The van der Waals surface area contributed by atoms with E-state index in [1.807, 2.05) is 0 Å². The van der Waals surface area contributed by atoms with Gasteiger partial charge >= 0.3 is 0 Å². The quantitative estimate of drug-likeness (QED) is 0.435. The minimum absolute atomic E-state index is 0.00965. The molecule has 108 valence electrons. The number of carbonyl (C=O) groups excluding carboxylic acids is 1. The normalized spacial score (nSPS) is 34.6. The van der Waals surface area contributed by atoms with Crippen molar-refractivity contribution >= 4 is 14.6 Å². The predicted molar refractivity (Wildman–Crippen MR) is 81.7 cm³/mol. The molecule has 2 atom stereocenters. The van der Waals surface area contributed by atoms with Crippen molar-refractivity contribution in [2.24, 2.45) is 10.8 Å². The van der Waals surface area contributed by atoms with Gasteiger partial charge in [0.25, 0.3) is 0 Å². The Hall–Kier alpha value is -0.413.